The number of anilines is 2. The predicted octanol–water partition coefficient (Wildman–Crippen LogP) is 2.94. The molecule has 10 nitrogen and oxygen atoms in total. The summed E-state index contributed by atoms with van der Waals surface area (Å²) in [5.74, 6) is 1.63. The van der Waals surface area contributed by atoms with Crippen LogP contribution in [0.25, 0.3) is 5.82 Å². The molecule has 1 saturated carbocycles. The minimum atomic E-state index is -1.04. The number of nitrogens with zero attached hydrogens (tertiary/aromatic N) is 7. The third kappa shape index (κ3) is 4.62. The zero-order chi connectivity index (χ0) is 23.1. The van der Waals surface area contributed by atoms with E-state index >= 15 is 0 Å². The topological polar surface area (TPSA) is 108 Å². The third-order valence-electron chi connectivity index (χ3n) is 5.30. The van der Waals surface area contributed by atoms with Gasteiger partial charge in [0.2, 0.25) is 11.9 Å². The van der Waals surface area contributed by atoms with Gasteiger partial charge in [0.1, 0.15) is 0 Å². The standard InChI is InChI=1S/C21H31N7O3/c1-13(27(20(30)31)21(2,3)4)17-23-19(25(5)6)24-28(17)16-11-10-15(12-22-16)26(7)18(29)14-8-9-14/h10-14H,8-9H2,1-7H3,(H,30,31)/t13-/m0/s1. The van der Waals surface area contributed by atoms with E-state index < -0.39 is 17.7 Å². The molecule has 1 atom stereocenters. The van der Waals surface area contributed by atoms with Crippen LogP contribution in [0.4, 0.5) is 16.4 Å². The van der Waals surface area contributed by atoms with Gasteiger partial charge in [0.05, 0.1) is 17.9 Å². The summed E-state index contributed by atoms with van der Waals surface area (Å²) in [5.41, 5.74) is 0.0637. The first kappa shape index (κ1) is 22.5. The highest BCUT2D eigenvalue weighted by molar-refractivity contribution is 5.95. The van der Waals surface area contributed by atoms with Crippen molar-refractivity contribution in [2.24, 2.45) is 5.92 Å². The molecule has 0 unspecified atom stereocenters. The van der Waals surface area contributed by atoms with Gasteiger partial charge in [-0.25, -0.2) is 9.78 Å². The van der Waals surface area contributed by atoms with Crippen molar-refractivity contribution in [3.8, 4) is 5.82 Å². The van der Waals surface area contributed by atoms with E-state index in [-0.39, 0.29) is 11.8 Å². The number of pyridine rings is 1. The average Bonchev–Trinajstić information content (AvgIpc) is 3.43. The van der Waals surface area contributed by atoms with Crippen LogP contribution in [0.15, 0.2) is 18.3 Å². The summed E-state index contributed by atoms with van der Waals surface area (Å²) in [6, 6.07) is 3.00. The molecule has 1 N–H and O–H groups in total. The molecule has 0 radical (unpaired) electrons. The highest BCUT2D eigenvalue weighted by atomic mass is 16.4. The van der Waals surface area contributed by atoms with Gasteiger partial charge >= 0.3 is 6.09 Å². The zero-order valence-electron chi connectivity index (χ0n) is 19.2. The van der Waals surface area contributed by atoms with Gasteiger partial charge in [-0.15, -0.1) is 5.10 Å². The van der Waals surface area contributed by atoms with E-state index in [1.165, 1.54) is 4.90 Å². The van der Waals surface area contributed by atoms with Crippen LogP contribution in [0.1, 0.15) is 52.4 Å². The largest absolute Gasteiger partial charge is 0.465 e. The predicted molar refractivity (Wildman–Crippen MR) is 118 cm³/mol. The maximum Gasteiger partial charge on any atom is 0.408 e. The van der Waals surface area contributed by atoms with Crippen LogP contribution >= 0.6 is 0 Å². The number of rotatable bonds is 6. The fourth-order valence-electron chi connectivity index (χ4n) is 3.52. The van der Waals surface area contributed by atoms with E-state index in [1.807, 2.05) is 40.9 Å². The summed E-state index contributed by atoms with van der Waals surface area (Å²) >= 11 is 0. The summed E-state index contributed by atoms with van der Waals surface area (Å²) in [6.45, 7) is 7.30. The molecule has 168 valence electrons. The lowest BCUT2D eigenvalue weighted by molar-refractivity contribution is -0.119. The summed E-state index contributed by atoms with van der Waals surface area (Å²) < 4.78 is 1.56. The van der Waals surface area contributed by atoms with Crippen molar-refractivity contribution in [3.63, 3.8) is 0 Å². The van der Waals surface area contributed by atoms with Gasteiger partial charge in [-0.3, -0.25) is 9.69 Å². The van der Waals surface area contributed by atoms with Gasteiger partial charge in [-0.1, -0.05) is 0 Å². The van der Waals surface area contributed by atoms with Gasteiger partial charge in [0.15, 0.2) is 11.6 Å². The maximum atomic E-state index is 12.3. The van der Waals surface area contributed by atoms with Crippen LogP contribution in [0.2, 0.25) is 0 Å². The fourth-order valence-corrected chi connectivity index (χ4v) is 3.52. The van der Waals surface area contributed by atoms with Gasteiger partial charge < -0.3 is 14.9 Å². The number of carboxylic acid groups (broad SMARTS) is 1. The number of carbonyl (C=O) groups excluding carboxylic acids is 1. The lowest BCUT2D eigenvalue weighted by Gasteiger charge is -2.37. The molecule has 2 aromatic heterocycles. The summed E-state index contributed by atoms with van der Waals surface area (Å²) in [6.07, 6.45) is 2.47. The molecule has 2 amide bonds. The minimum absolute atomic E-state index is 0.0989. The molecule has 0 aliphatic heterocycles. The number of amides is 2. The van der Waals surface area contributed by atoms with Crippen molar-refractivity contribution in [2.75, 3.05) is 30.9 Å². The second-order valence-corrected chi connectivity index (χ2v) is 9.12. The van der Waals surface area contributed by atoms with Crippen LogP contribution in [0.5, 0.6) is 0 Å². The highest BCUT2D eigenvalue weighted by Crippen LogP contribution is 2.32. The van der Waals surface area contributed by atoms with Crippen LogP contribution in [0, 0.1) is 5.92 Å². The number of carbonyl (C=O) groups is 2. The lowest BCUT2D eigenvalue weighted by Crippen LogP contribution is -2.47. The molecule has 0 spiro atoms. The maximum absolute atomic E-state index is 12.3. The molecule has 1 aliphatic carbocycles. The number of hydrogen-bond donors (Lipinski definition) is 1. The molecule has 31 heavy (non-hydrogen) atoms. The Kier molecular flexibility index (Phi) is 5.93. The second-order valence-electron chi connectivity index (χ2n) is 9.12. The van der Waals surface area contributed by atoms with Crippen molar-refractivity contribution in [2.45, 2.75) is 52.1 Å². The zero-order valence-corrected chi connectivity index (χ0v) is 19.2. The molecule has 10 heteroatoms. The van der Waals surface area contributed by atoms with Crippen molar-refractivity contribution in [1.82, 2.24) is 24.6 Å². The molecule has 0 aromatic carbocycles. The molecule has 1 fully saturated rings. The SMILES string of the molecule is C[C@@H](c1nc(N(C)C)nn1-c1ccc(N(C)C(=O)C2CC2)cn1)N(C(=O)O)C(C)(C)C. The van der Waals surface area contributed by atoms with Crippen LogP contribution in [-0.4, -0.2) is 68.4 Å². The monoisotopic (exact) mass is 429 g/mol. The molecule has 0 saturated heterocycles. The van der Waals surface area contributed by atoms with E-state index in [9.17, 15) is 14.7 Å². The Morgan fingerprint density at radius 1 is 1.19 bits per heavy atom. The van der Waals surface area contributed by atoms with Crippen LogP contribution < -0.4 is 9.80 Å². The van der Waals surface area contributed by atoms with E-state index in [0.717, 1.165) is 12.8 Å². The minimum Gasteiger partial charge on any atom is -0.465 e. The Labute approximate surface area is 182 Å². The lowest BCUT2D eigenvalue weighted by atomic mass is 10.0. The molecule has 2 heterocycles. The molecular formula is C21H31N7O3. The Bertz CT molecular complexity index is 958. The number of hydrogen-bond acceptors (Lipinski definition) is 6. The summed E-state index contributed by atoms with van der Waals surface area (Å²) in [4.78, 5) is 38.1. The molecule has 2 aromatic rings. The Balaban J connectivity index is 1.99. The van der Waals surface area contributed by atoms with Gasteiger partial charge in [-0.05, 0) is 52.7 Å². The van der Waals surface area contributed by atoms with Crippen LogP contribution in [0.3, 0.4) is 0 Å². The Morgan fingerprint density at radius 2 is 1.84 bits per heavy atom. The van der Waals surface area contributed by atoms with E-state index in [1.54, 1.807) is 40.7 Å². The van der Waals surface area contributed by atoms with Crippen molar-refractivity contribution in [1.29, 1.82) is 0 Å². The summed E-state index contributed by atoms with van der Waals surface area (Å²) in [5, 5.41) is 14.4. The van der Waals surface area contributed by atoms with Gasteiger partial charge in [0.25, 0.3) is 0 Å². The first-order valence-electron chi connectivity index (χ1n) is 10.3. The fraction of sp³-hybridized carbons (Fsp3) is 0.571. The molecular weight excluding hydrogens is 398 g/mol. The van der Waals surface area contributed by atoms with E-state index in [2.05, 4.69) is 15.1 Å². The number of aromatic nitrogens is 4. The normalized spacial score (nSPS) is 14.8. The van der Waals surface area contributed by atoms with Crippen molar-refractivity contribution in [3.05, 3.63) is 24.2 Å². The van der Waals surface area contributed by atoms with E-state index in [0.29, 0.717) is 23.3 Å². The smallest absolute Gasteiger partial charge is 0.408 e. The van der Waals surface area contributed by atoms with Crippen molar-refractivity contribution < 1.29 is 14.7 Å². The first-order chi connectivity index (χ1) is 14.4. The Morgan fingerprint density at radius 3 is 2.29 bits per heavy atom. The second kappa shape index (κ2) is 8.16. The van der Waals surface area contributed by atoms with Gasteiger partial charge in [-0.2, -0.15) is 9.67 Å². The average molecular weight is 430 g/mol. The highest BCUT2D eigenvalue weighted by Gasteiger charge is 2.35. The van der Waals surface area contributed by atoms with Crippen LogP contribution in [-0.2, 0) is 4.79 Å². The third-order valence-corrected chi connectivity index (χ3v) is 5.30. The quantitative estimate of drug-likeness (QED) is 0.752. The molecule has 3 rings (SSSR count). The van der Waals surface area contributed by atoms with Gasteiger partial charge in [0, 0.05) is 32.6 Å². The molecule has 1 aliphatic rings. The molecule has 0 bridgehead atoms. The first-order valence-corrected chi connectivity index (χ1v) is 10.3. The summed E-state index contributed by atoms with van der Waals surface area (Å²) in [7, 11) is 5.39. The van der Waals surface area contributed by atoms with E-state index in [4.69, 9.17) is 0 Å². The van der Waals surface area contributed by atoms with Crippen molar-refractivity contribution >= 4 is 23.6 Å². The Hall–Kier alpha value is -3.17.